The highest BCUT2D eigenvalue weighted by Crippen LogP contribution is 2.28. The second-order valence-electron chi connectivity index (χ2n) is 3.18. The van der Waals surface area contributed by atoms with Crippen molar-refractivity contribution in [2.24, 2.45) is 0 Å². The van der Waals surface area contributed by atoms with E-state index in [-0.39, 0.29) is 12.2 Å². The van der Waals surface area contributed by atoms with Crippen molar-refractivity contribution in [2.45, 2.75) is 26.1 Å². The molecule has 0 amide bonds. The highest BCUT2D eigenvalue weighted by molar-refractivity contribution is 5.38. The zero-order chi connectivity index (χ0) is 12.2. The summed E-state index contributed by atoms with van der Waals surface area (Å²) in [4.78, 5) is 0. The average Bonchev–Trinajstić information content (AvgIpc) is 2.16. The van der Waals surface area contributed by atoms with E-state index in [4.69, 9.17) is 5.26 Å². The number of alkyl halides is 3. The summed E-state index contributed by atoms with van der Waals surface area (Å²) in [6.45, 7) is 1.74. The van der Waals surface area contributed by atoms with Gasteiger partial charge in [0, 0.05) is 0 Å². The fourth-order valence-electron chi connectivity index (χ4n) is 1.31. The fourth-order valence-corrected chi connectivity index (χ4v) is 1.31. The van der Waals surface area contributed by atoms with E-state index in [0.29, 0.717) is 17.5 Å². The predicted octanol–water partition coefficient (Wildman–Crippen LogP) is 3.21. The third kappa shape index (κ3) is 3.46. The maximum absolute atomic E-state index is 12.1. The molecule has 1 aromatic rings. The summed E-state index contributed by atoms with van der Waals surface area (Å²) in [5.74, 6) is -0.220. The van der Waals surface area contributed by atoms with E-state index in [9.17, 15) is 13.2 Å². The number of nitrogens with zero attached hydrogens (tertiary/aromatic N) is 1. The van der Waals surface area contributed by atoms with Crippen molar-refractivity contribution >= 4 is 0 Å². The summed E-state index contributed by atoms with van der Waals surface area (Å²) in [5, 5.41) is 8.46. The largest absolute Gasteiger partial charge is 0.573 e. The van der Waals surface area contributed by atoms with Gasteiger partial charge in [-0.05, 0) is 23.6 Å². The third-order valence-corrected chi connectivity index (χ3v) is 2.02. The molecule has 0 heterocycles. The summed E-state index contributed by atoms with van der Waals surface area (Å²) < 4.78 is 40.2. The summed E-state index contributed by atoms with van der Waals surface area (Å²) >= 11 is 0. The summed E-state index contributed by atoms with van der Waals surface area (Å²) in [6.07, 6.45) is -4.19. The minimum Gasteiger partial charge on any atom is -0.405 e. The molecule has 0 aliphatic carbocycles. The standard InChI is InChI=1S/C11H10F3NO/c1-2-9-4-3-8(5-6-15)7-10(9)16-11(12,13)14/h3-4,7H,2,5H2,1H3. The maximum Gasteiger partial charge on any atom is 0.573 e. The van der Waals surface area contributed by atoms with Crippen molar-refractivity contribution in [1.82, 2.24) is 0 Å². The quantitative estimate of drug-likeness (QED) is 0.797. The molecule has 0 unspecified atom stereocenters. The van der Waals surface area contributed by atoms with Crippen LogP contribution >= 0.6 is 0 Å². The number of rotatable bonds is 3. The van der Waals surface area contributed by atoms with E-state index >= 15 is 0 Å². The van der Waals surface area contributed by atoms with Crippen molar-refractivity contribution in [3.63, 3.8) is 0 Å². The first kappa shape index (κ1) is 12.4. The average molecular weight is 229 g/mol. The lowest BCUT2D eigenvalue weighted by Crippen LogP contribution is -2.18. The van der Waals surface area contributed by atoms with Crippen LogP contribution in [0.1, 0.15) is 18.1 Å². The first-order valence-corrected chi connectivity index (χ1v) is 4.70. The Morgan fingerprint density at radius 3 is 2.56 bits per heavy atom. The van der Waals surface area contributed by atoms with Gasteiger partial charge in [-0.25, -0.2) is 0 Å². The van der Waals surface area contributed by atoms with Crippen LogP contribution in [0.2, 0.25) is 0 Å². The van der Waals surface area contributed by atoms with Crippen LogP contribution in [0, 0.1) is 11.3 Å². The Bertz CT molecular complexity index is 407. The predicted molar refractivity (Wildman–Crippen MR) is 51.8 cm³/mol. The molecule has 0 saturated carbocycles. The van der Waals surface area contributed by atoms with Gasteiger partial charge in [-0.2, -0.15) is 5.26 Å². The zero-order valence-corrected chi connectivity index (χ0v) is 8.64. The molecule has 86 valence electrons. The normalized spacial score (nSPS) is 10.9. The fraction of sp³-hybridized carbons (Fsp3) is 0.364. The van der Waals surface area contributed by atoms with E-state index in [1.54, 1.807) is 19.1 Å². The zero-order valence-electron chi connectivity index (χ0n) is 8.64. The second kappa shape index (κ2) is 4.88. The molecule has 0 fully saturated rings. The van der Waals surface area contributed by atoms with Crippen LogP contribution in [0.5, 0.6) is 5.75 Å². The van der Waals surface area contributed by atoms with Gasteiger partial charge in [-0.15, -0.1) is 13.2 Å². The minimum absolute atomic E-state index is 0.0677. The monoisotopic (exact) mass is 229 g/mol. The molecule has 0 saturated heterocycles. The van der Waals surface area contributed by atoms with Crippen LogP contribution in [0.15, 0.2) is 18.2 Å². The Balaban J connectivity index is 3.03. The molecular formula is C11H10F3NO. The Labute approximate surface area is 91.3 Å². The van der Waals surface area contributed by atoms with Gasteiger partial charge in [0.05, 0.1) is 12.5 Å². The van der Waals surface area contributed by atoms with E-state index < -0.39 is 6.36 Å². The third-order valence-electron chi connectivity index (χ3n) is 2.02. The van der Waals surface area contributed by atoms with E-state index in [0.717, 1.165) is 0 Å². The van der Waals surface area contributed by atoms with Gasteiger partial charge in [0.1, 0.15) is 5.75 Å². The number of halogens is 3. The Kier molecular flexibility index (Phi) is 3.78. The molecule has 0 bridgehead atoms. The maximum atomic E-state index is 12.1. The number of ether oxygens (including phenoxy) is 1. The molecule has 1 aromatic carbocycles. The smallest absolute Gasteiger partial charge is 0.405 e. The Morgan fingerprint density at radius 2 is 2.06 bits per heavy atom. The molecule has 16 heavy (non-hydrogen) atoms. The Hall–Kier alpha value is -1.70. The van der Waals surface area contributed by atoms with Crippen LogP contribution in [0.25, 0.3) is 0 Å². The van der Waals surface area contributed by atoms with Crippen LogP contribution in [0.3, 0.4) is 0 Å². The SMILES string of the molecule is CCc1ccc(CC#N)cc1OC(F)(F)F. The van der Waals surface area contributed by atoms with Gasteiger partial charge in [-0.3, -0.25) is 0 Å². The molecule has 5 heteroatoms. The van der Waals surface area contributed by atoms with Crippen LogP contribution in [-0.2, 0) is 12.8 Å². The van der Waals surface area contributed by atoms with Gasteiger partial charge in [0.2, 0.25) is 0 Å². The molecule has 0 atom stereocenters. The second-order valence-corrected chi connectivity index (χ2v) is 3.18. The lowest BCUT2D eigenvalue weighted by atomic mass is 10.1. The topological polar surface area (TPSA) is 33.0 Å². The Morgan fingerprint density at radius 1 is 1.38 bits per heavy atom. The van der Waals surface area contributed by atoms with Crippen molar-refractivity contribution in [2.75, 3.05) is 0 Å². The molecule has 0 N–H and O–H groups in total. The van der Waals surface area contributed by atoms with E-state index in [2.05, 4.69) is 4.74 Å². The highest BCUT2D eigenvalue weighted by Gasteiger charge is 2.31. The number of hydrogen-bond donors (Lipinski definition) is 0. The van der Waals surface area contributed by atoms with Crippen molar-refractivity contribution in [1.29, 1.82) is 5.26 Å². The number of nitriles is 1. The molecule has 0 spiro atoms. The minimum atomic E-state index is -4.70. The van der Waals surface area contributed by atoms with Gasteiger partial charge in [0.15, 0.2) is 0 Å². The first-order chi connectivity index (χ1) is 7.46. The van der Waals surface area contributed by atoms with Crippen LogP contribution in [-0.4, -0.2) is 6.36 Å². The van der Waals surface area contributed by atoms with Crippen molar-refractivity contribution < 1.29 is 17.9 Å². The number of benzene rings is 1. The lowest BCUT2D eigenvalue weighted by molar-refractivity contribution is -0.274. The van der Waals surface area contributed by atoms with Gasteiger partial charge in [0.25, 0.3) is 0 Å². The summed E-state index contributed by atoms with van der Waals surface area (Å²) in [5.41, 5.74) is 0.984. The van der Waals surface area contributed by atoms with Crippen molar-refractivity contribution in [3.05, 3.63) is 29.3 Å². The first-order valence-electron chi connectivity index (χ1n) is 4.70. The molecule has 0 radical (unpaired) electrons. The molecular weight excluding hydrogens is 219 g/mol. The van der Waals surface area contributed by atoms with E-state index in [1.807, 2.05) is 6.07 Å². The van der Waals surface area contributed by atoms with Gasteiger partial charge < -0.3 is 4.74 Å². The van der Waals surface area contributed by atoms with E-state index in [1.165, 1.54) is 6.07 Å². The highest BCUT2D eigenvalue weighted by atomic mass is 19.4. The molecule has 0 aliphatic heterocycles. The summed E-state index contributed by atoms with van der Waals surface area (Å²) in [7, 11) is 0. The molecule has 0 aliphatic rings. The lowest BCUT2D eigenvalue weighted by Gasteiger charge is -2.13. The number of hydrogen-bond acceptors (Lipinski definition) is 2. The molecule has 0 aromatic heterocycles. The van der Waals surface area contributed by atoms with Crippen LogP contribution in [0.4, 0.5) is 13.2 Å². The van der Waals surface area contributed by atoms with Crippen molar-refractivity contribution in [3.8, 4) is 11.8 Å². The summed E-state index contributed by atoms with van der Waals surface area (Å²) in [6, 6.07) is 6.31. The van der Waals surface area contributed by atoms with Gasteiger partial charge >= 0.3 is 6.36 Å². The van der Waals surface area contributed by atoms with Crippen LogP contribution < -0.4 is 4.74 Å². The number of aryl methyl sites for hydroxylation is 1. The molecule has 2 nitrogen and oxygen atoms in total. The van der Waals surface area contributed by atoms with Gasteiger partial charge in [-0.1, -0.05) is 19.1 Å². The molecule has 1 rings (SSSR count).